The average molecular weight is 314 g/mol. The predicted octanol–water partition coefficient (Wildman–Crippen LogP) is 2.71. The summed E-state index contributed by atoms with van der Waals surface area (Å²) in [5.74, 6) is -0.325. The standard InChI is InChI=1S/C16H14N2O3S/c19-15-13-6-2-1-5-12(13)11-17-18(15)8-4-9-21-16(20)14-7-3-10-22-14/h1-3,5-7,10-11H,4,8-9H2. The van der Waals surface area contributed by atoms with Gasteiger partial charge in [-0.3, -0.25) is 4.79 Å². The van der Waals surface area contributed by atoms with Crippen LogP contribution in [-0.2, 0) is 11.3 Å². The number of rotatable bonds is 5. The zero-order chi connectivity index (χ0) is 15.4. The highest BCUT2D eigenvalue weighted by Crippen LogP contribution is 2.10. The van der Waals surface area contributed by atoms with Crippen LogP contribution in [0, 0.1) is 0 Å². The Bertz CT molecular complexity index is 840. The Balaban J connectivity index is 1.59. The van der Waals surface area contributed by atoms with Crippen LogP contribution in [0.15, 0.2) is 52.8 Å². The van der Waals surface area contributed by atoms with Crippen molar-refractivity contribution in [1.29, 1.82) is 0 Å². The van der Waals surface area contributed by atoms with Crippen LogP contribution in [0.5, 0.6) is 0 Å². The van der Waals surface area contributed by atoms with Gasteiger partial charge in [-0.05, 0) is 17.5 Å². The molecule has 0 atom stereocenters. The Kier molecular flexibility index (Phi) is 4.29. The minimum Gasteiger partial charge on any atom is -0.461 e. The van der Waals surface area contributed by atoms with Crippen LogP contribution in [0.4, 0.5) is 0 Å². The molecule has 22 heavy (non-hydrogen) atoms. The van der Waals surface area contributed by atoms with Gasteiger partial charge in [0.15, 0.2) is 0 Å². The van der Waals surface area contributed by atoms with Gasteiger partial charge in [0.2, 0.25) is 0 Å². The second-order valence-corrected chi connectivity index (χ2v) is 5.67. The predicted molar refractivity (Wildman–Crippen MR) is 85.2 cm³/mol. The van der Waals surface area contributed by atoms with Gasteiger partial charge in [0.25, 0.3) is 5.56 Å². The molecule has 0 aliphatic heterocycles. The number of aryl methyl sites for hydroxylation is 1. The van der Waals surface area contributed by atoms with Crippen molar-refractivity contribution >= 4 is 28.1 Å². The van der Waals surface area contributed by atoms with Crippen LogP contribution >= 0.6 is 11.3 Å². The van der Waals surface area contributed by atoms with Crippen LogP contribution in [0.1, 0.15) is 16.1 Å². The molecule has 0 bridgehead atoms. The molecule has 6 heteroatoms. The molecule has 3 aromatic rings. The molecule has 0 saturated carbocycles. The summed E-state index contributed by atoms with van der Waals surface area (Å²) in [6, 6.07) is 10.9. The lowest BCUT2D eigenvalue weighted by Crippen LogP contribution is -2.23. The van der Waals surface area contributed by atoms with Gasteiger partial charge in [0.1, 0.15) is 4.88 Å². The smallest absolute Gasteiger partial charge is 0.348 e. The highest BCUT2D eigenvalue weighted by Gasteiger charge is 2.08. The van der Waals surface area contributed by atoms with E-state index in [1.54, 1.807) is 24.4 Å². The van der Waals surface area contributed by atoms with E-state index in [2.05, 4.69) is 5.10 Å². The van der Waals surface area contributed by atoms with E-state index in [4.69, 9.17) is 4.74 Å². The monoisotopic (exact) mass is 314 g/mol. The van der Waals surface area contributed by atoms with E-state index in [1.807, 2.05) is 23.6 Å². The number of nitrogens with zero attached hydrogens (tertiary/aromatic N) is 2. The summed E-state index contributed by atoms with van der Waals surface area (Å²) >= 11 is 1.35. The van der Waals surface area contributed by atoms with Crippen molar-refractivity contribution in [3.05, 3.63) is 63.2 Å². The highest BCUT2D eigenvalue weighted by molar-refractivity contribution is 7.11. The van der Waals surface area contributed by atoms with E-state index in [-0.39, 0.29) is 18.1 Å². The van der Waals surface area contributed by atoms with Gasteiger partial charge in [-0.25, -0.2) is 9.48 Å². The molecule has 0 spiro atoms. The lowest BCUT2D eigenvalue weighted by molar-refractivity contribution is 0.0500. The molecule has 0 unspecified atom stereocenters. The first-order chi connectivity index (χ1) is 10.8. The summed E-state index contributed by atoms with van der Waals surface area (Å²) in [7, 11) is 0. The molecular formula is C16H14N2O3S. The fourth-order valence-corrected chi connectivity index (χ4v) is 2.75. The molecule has 0 aliphatic rings. The van der Waals surface area contributed by atoms with Crippen LogP contribution < -0.4 is 5.56 Å². The SMILES string of the molecule is O=C(OCCCn1ncc2ccccc2c1=O)c1cccs1. The van der Waals surface area contributed by atoms with Crippen LogP contribution in [0.2, 0.25) is 0 Å². The van der Waals surface area contributed by atoms with E-state index in [0.29, 0.717) is 23.2 Å². The third-order valence-electron chi connectivity index (χ3n) is 3.23. The Morgan fingerprint density at radius 1 is 1.23 bits per heavy atom. The summed E-state index contributed by atoms with van der Waals surface area (Å²) in [6.07, 6.45) is 2.22. The molecule has 2 heterocycles. The number of fused-ring (bicyclic) bond motifs is 1. The highest BCUT2D eigenvalue weighted by atomic mass is 32.1. The van der Waals surface area contributed by atoms with Crippen molar-refractivity contribution in [1.82, 2.24) is 9.78 Å². The van der Waals surface area contributed by atoms with Crippen LogP contribution in [-0.4, -0.2) is 22.4 Å². The van der Waals surface area contributed by atoms with E-state index in [0.717, 1.165) is 5.39 Å². The van der Waals surface area contributed by atoms with Gasteiger partial charge in [0.05, 0.1) is 18.2 Å². The van der Waals surface area contributed by atoms with Crippen molar-refractivity contribution in [3.63, 3.8) is 0 Å². The van der Waals surface area contributed by atoms with Crippen molar-refractivity contribution in [2.45, 2.75) is 13.0 Å². The van der Waals surface area contributed by atoms with Crippen molar-refractivity contribution in [2.75, 3.05) is 6.61 Å². The molecular weight excluding hydrogens is 300 g/mol. The number of esters is 1. The second-order valence-electron chi connectivity index (χ2n) is 4.73. The van der Waals surface area contributed by atoms with Crippen molar-refractivity contribution in [2.24, 2.45) is 0 Å². The number of thiophene rings is 1. The summed E-state index contributed by atoms with van der Waals surface area (Å²) < 4.78 is 6.57. The Hall–Kier alpha value is -2.47. The van der Waals surface area contributed by atoms with Gasteiger partial charge in [-0.15, -0.1) is 11.3 Å². The quantitative estimate of drug-likeness (QED) is 0.536. The van der Waals surface area contributed by atoms with Gasteiger partial charge < -0.3 is 4.74 Å². The van der Waals surface area contributed by atoms with E-state index in [9.17, 15) is 9.59 Å². The molecule has 0 saturated heterocycles. The fourth-order valence-electron chi connectivity index (χ4n) is 2.13. The normalized spacial score (nSPS) is 10.7. The maximum atomic E-state index is 12.2. The molecule has 0 aliphatic carbocycles. The molecule has 112 valence electrons. The summed E-state index contributed by atoms with van der Waals surface area (Å²) in [5.41, 5.74) is -0.123. The molecule has 2 aromatic heterocycles. The first-order valence-electron chi connectivity index (χ1n) is 6.91. The average Bonchev–Trinajstić information content (AvgIpc) is 3.08. The number of hydrogen-bond donors (Lipinski definition) is 0. The maximum Gasteiger partial charge on any atom is 0.348 e. The van der Waals surface area contributed by atoms with Gasteiger partial charge in [-0.2, -0.15) is 5.10 Å². The van der Waals surface area contributed by atoms with E-state index >= 15 is 0 Å². The third kappa shape index (κ3) is 3.07. The third-order valence-corrected chi connectivity index (χ3v) is 4.08. The number of benzene rings is 1. The van der Waals surface area contributed by atoms with Gasteiger partial charge >= 0.3 is 5.97 Å². The molecule has 0 radical (unpaired) electrons. The molecule has 1 aromatic carbocycles. The zero-order valence-corrected chi connectivity index (χ0v) is 12.6. The Morgan fingerprint density at radius 2 is 2.09 bits per heavy atom. The number of carbonyl (C=O) groups excluding carboxylic acids is 1. The number of aromatic nitrogens is 2. The summed E-state index contributed by atoms with van der Waals surface area (Å²) in [6.45, 7) is 0.680. The molecule has 0 N–H and O–H groups in total. The molecule has 5 nitrogen and oxygen atoms in total. The molecule has 3 rings (SSSR count). The summed E-state index contributed by atoms with van der Waals surface area (Å²) in [4.78, 5) is 24.5. The fraction of sp³-hybridized carbons (Fsp3) is 0.188. The van der Waals surface area contributed by atoms with Crippen LogP contribution in [0.25, 0.3) is 10.8 Å². The molecule has 0 fully saturated rings. The number of hydrogen-bond acceptors (Lipinski definition) is 5. The second kappa shape index (κ2) is 6.53. The van der Waals surface area contributed by atoms with E-state index in [1.165, 1.54) is 16.0 Å². The van der Waals surface area contributed by atoms with Gasteiger partial charge in [0, 0.05) is 18.4 Å². The summed E-state index contributed by atoms with van der Waals surface area (Å²) in [5, 5.41) is 7.44. The van der Waals surface area contributed by atoms with Crippen molar-refractivity contribution < 1.29 is 9.53 Å². The minimum absolute atomic E-state index is 0.123. The maximum absolute atomic E-state index is 12.2. The number of carbonyl (C=O) groups is 1. The Labute approximate surface area is 130 Å². The first-order valence-corrected chi connectivity index (χ1v) is 7.79. The lowest BCUT2D eigenvalue weighted by atomic mass is 10.2. The first kappa shape index (κ1) is 14.5. The lowest BCUT2D eigenvalue weighted by Gasteiger charge is -2.06. The van der Waals surface area contributed by atoms with Crippen molar-refractivity contribution in [3.8, 4) is 0 Å². The van der Waals surface area contributed by atoms with E-state index < -0.39 is 0 Å². The van der Waals surface area contributed by atoms with Crippen LogP contribution in [0.3, 0.4) is 0 Å². The zero-order valence-electron chi connectivity index (χ0n) is 11.8. The topological polar surface area (TPSA) is 61.2 Å². The molecule has 0 amide bonds. The minimum atomic E-state index is -0.325. The number of ether oxygens (including phenoxy) is 1. The Morgan fingerprint density at radius 3 is 2.91 bits per heavy atom. The largest absolute Gasteiger partial charge is 0.461 e. The van der Waals surface area contributed by atoms with Gasteiger partial charge in [-0.1, -0.05) is 24.3 Å².